The van der Waals surface area contributed by atoms with Crippen LogP contribution < -0.4 is 5.32 Å². The average molecular weight is 193 g/mol. The molecule has 2 atom stereocenters. The largest absolute Gasteiger partial charge is 0.481 e. The number of hydrogen-bond acceptors (Lipinski definition) is 2. The fourth-order valence-electron chi connectivity index (χ4n) is 1.98. The minimum Gasteiger partial charge on any atom is -0.481 e. The molecule has 2 aliphatic rings. The van der Waals surface area contributed by atoms with Gasteiger partial charge in [-0.15, -0.1) is 0 Å². The second-order valence-corrected chi connectivity index (χ2v) is 3.59. The molecule has 0 aromatic carbocycles. The van der Waals surface area contributed by atoms with Gasteiger partial charge in [-0.25, -0.2) is 0 Å². The van der Waals surface area contributed by atoms with E-state index in [-0.39, 0.29) is 18.2 Å². The highest BCUT2D eigenvalue weighted by atomic mass is 16.4. The number of piperidine rings is 1. The summed E-state index contributed by atoms with van der Waals surface area (Å²) in [5, 5.41) is 11.7. The first-order chi connectivity index (χ1) is 6.68. The van der Waals surface area contributed by atoms with Crippen LogP contribution in [0.2, 0.25) is 0 Å². The van der Waals surface area contributed by atoms with E-state index in [9.17, 15) is 9.59 Å². The Morgan fingerprint density at radius 1 is 1.57 bits per heavy atom. The van der Waals surface area contributed by atoms with Gasteiger partial charge in [0.2, 0.25) is 5.91 Å². The molecule has 1 saturated heterocycles. The van der Waals surface area contributed by atoms with Crippen molar-refractivity contribution in [1.29, 1.82) is 0 Å². The molecular weight excluding hydrogens is 182 g/mol. The number of hydrogen-bond donors (Lipinski definition) is 2. The quantitative estimate of drug-likeness (QED) is 0.643. The van der Waals surface area contributed by atoms with Crippen LogP contribution in [0.4, 0.5) is 0 Å². The van der Waals surface area contributed by atoms with Gasteiger partial charge in [-0.2, -0.15) is 0 Å². The van der Waals surface area contributed by atoms with Crippen molar-refractivity contribution < 1.29 is 14.7 Å². The predicted octanol–water partition coefficient (Wildman–Crippen LogP) is 0.667. The Morgan fingerprint density at radius 3 is 3.07 bits per heavy atom. The van der Waals surface area contributed by atoms with Gasteiger partial charge in [-0.05, 0) is 12.5 Å². The Hall–Kier alpha value is -1.58. The average Bonchev–Trinajstić information content (AvgIpc) is 2.16. The van der Waals surface area contributed by atoms with E-state index in [1.807, 2.05) is 12.2 Å². The number of nitrogens with one attached hydrogen (secondary N) is 1. The van der Waals surface area contributed by atoms with Crippen molar-refractivity contribution in [3.63, 3.8) is 0 Å². The van der Waals surface area contributed by atoms with Gasteiger partial charge in [0.1, 0.15) is 0 Å². The summed E-state index contributed by atoms with van der Waals surface area (Å²) in [6, 6.07) is 0. The van der Waals surface area contributed by atoms with Crippen molar-refractivity contribution in [2.45, 2.75) is 12.8 Å². The molecule has 0 aromatic rings. The van der Waals surface area contributed by atoms with Crippen molar-refractivity contribution in [1.82, 2.24) is 5.32 Å². The molecule has 74 valence electrons. The third-order valence-electron chi connectivity index (χ3n) is 2.69. The lowest BCUT2D eigenvalue weighted by atomic mass is 9.79. The highest BCUT2D eigenvalue weighted by Gasteiger charge is 2.37. The second-order valence-electron chi connectivity index (χ2n) is 3.59. The number of amides is 1. The Balaban J connectivity index is 2.28. The Bertz CT molecular complexity index is 343. The van der Waals surface area contributed by atoms with Crippen LogP contribution in [0, 0.1) is 11.8 Å². The maximum atomic E-state index is 11.2. The van der Waals surface area contributed by atoms with Crippen molar-refractivity contribution in [3.05, 3.63) is 23.9 Å². The van der Waals surface area contributed by atoms with E-state index in [1.165, 1.54) is 0 Å². The van der Waals surface area contributed by atoms with E-state index in [4.69, 9.17) is 5.11 Å². The SMILES string of the molecule is O=C1CC(C(=O)O)C2CC=CC=C2N1. The summed E-state index contributed by atoms with van der Waals surface area (Å²) < 4.78 is 0. The van der Waals surface area contributed by atoms with Crippen LogP contribution in [-0.2, 0) is 9.59 Å². The van der Waals surface area contributed by atoms with E-state index in [2.05, 4.69) is 5.32 Å². The minimum absolute atomic E-state index is 0.0600. The molecule has 0 aromatic heterocycles. The molecule has 1 amide bonds. The molecule has 14 heavy (non-hydrogen) atoms. The van der Waals surface area contributed by atoms with Crippen LogP contribution in [0.3, 0.4) is 0 Å². The zero-order valence-corrected chi connectivity index (χ0v) is 7.56. The molecule has 1 aliphatic heterocycles. The lowest BCUT2D eigenvalue weighted by molar-refractivity contribution is -0.146. The Kier molecular flexibility index (Phi) is 2.11. The molecule has 1 fully saturated rings. The van der Waals surface area contributed by atoms with E-state index >= 15 is 0 Å². The number of rotatable bonds is 1. The monoisotopic (exact) mass is 193 g/mol. The third kappa shape index (κ3) is 1.43. The Morgan fingerprint density at radius 2 is 2.36 bits per heavy atom. The lowest BCUT2D eigenvalue weighted by Gasteiger charge is -2.31. The summed E-state index contributed by atoms with van der Waals surface area (Å²) >= 11 is 0. The van der Waals surface area contributed by atoms with Crippen molar-refractivity contribution >= 4 is 11.9 Å². The fraction of sp³-hybridized carbons (Fsp3) is 0.400. The highest BCUT2D eigenvalue weighted by Crippen LogP contribution is 2.32. The summed E-state index contributed by atoms with van der Waals surface area (Å²) in [6.07, 6.45) is 6.34. The number of carboxylic acids is 1. The van der Waals surface area contributed by atoms with Gasteiger partial charge in [0, 0.05) is 18.0 Å². The summed E-state index contributed by atoms with van der Waals surface area (Å²) in [6.45, 7) is 0. The van der Waals surface area contributed by atoms with Gasteiger partial charge in [-0.1, -0.05) is 12.2 Å². The lowest BCUT2D eigenvalue weighted by Crippen LogP contribution is -2.42. The topological polar surface area (TPSA) is 66.4 Å². The normalized spacial score (nSPS) is 30.3. The van der Waals surface area contributed by atoms with Crippen molar-refractivity contribution in [2.75, 3.05) is 0 Å². The molecular formula is C10H11NO3. The molecule has 0 spiro atoms. The highest BCUT2D eigenvalue weighted by molar-refractivity contribution is 5.86. The molecule has 2 rings (SSSR count). The molecule has 4 nitrogen and oxygen atoms in total. The van der Waals surface area contributed by atoms with Crippen LogP contribution in [0.1, 0.15) is 12.8 Å². The molecule has 2 unspecified atom stereocenters. The number of aliphatic carboxylic acids is 1. The molecule has 0 bridgehead atoms. The fourth-order valence-corrected chi connectivity index (χ4v) is 1.98. The number of allylic oxidation sites excluding steroid dienone is 4. The van der Waals surface area contributed by atoms with Crippen LogP contribution in [0.5, 0.6) is 0 Å². The second kappa shape index (κ2) is 3.29. The van der Waals surface area contributed by atoms with Crippen LogP contribution >= 0.6 is 0 Å². The first-order valence-corrected chi connectivity index (χ1v) is 4.58. The third-order valence-corrected chi connectivity index (χ3v) is 2.69. The van der Waals surface area contributed by atoms with Crippen LogP contribution in [0.25, 0.3) is 0 Å². The van der Waals surface area contributed by atoms with E-state index in [1.54, 1.807) is 6.08 Å². The van der Waals surface area contributed by atoms with Gasteiger partial charge in [0.25, 0.3) is 0 Å². The zero-order valence-electron chi connectivity index (χ0n) is 7.56. The summed E-state index contributed by atoms with van der Waals surface area (Å²) in [4.78, 5) is 22.1. The first-order valence-electron chi connectivity index (χ1n) is 4.58. The summed E-state index contributed by atoms with van der Waals surface area (Å²) in [5.41, 5.74) is 0.746. The van der Waals surface area contributed by atoms with Gasteiger partial charge < -0.3 is 10.4 Å². The van der Waals surface area contributed by atoms with Gasteiger partial charge in [0.15, 0.2) is 0 Å². The van der Waals surface area contributed by atoms with E-state index in [0.29, 0.717) is 6.42 Å². The van der Waals surface area contributed by atoms with Gasteiger partial charge in [0.05, 0.1) is 5.92 Å². The van der Waals surface area contributed by atoms with E-state index < -0.39 is 11.9 Å². The maximum absolute atomic E-state index is 11.2. The molecule has 4 heteroatoms. The predicted molar refractivity (Wildman–Crippen MR) is 49.2 cm³/mol. The molecule has 1 heterocycles. The molecule has 0 radical (unpaired) electrons. The summed E-state index contributed by atoms with van der Waals surface area (Å²) in [5.74, 6) is -1.71. The number of carboxylic acid groups (broad SMARTS) is 1. The zero-order chi connectivity index (χ0) is 10.1. The first kappa shape index (κ1) is 8.99. The number of carbonyl (C=O) groups excluding carboxylic acids is 1. The van der Waals surface area contributed by atoms with Crippen LogP contribution in [-0.4, -0.2) is 17.0 Å². The molecule has 2 N–H and O–H groups in total. The molecule has 1 aliphatic carbocycles. The van der Waals surface area contributed by atoms with Crippen molar-refractivity contribution in [3.8, 4) is 0 Å². The number of carbonyl (C=O) groups is 2. The molecule has 0 saturated carbocycles. The van der Waals surface area contributed by atoms with Gasteiger partial charge in [-0.3, -0.25) is 9.59 Å². The smallest absolute Gasteiger partial charge is 0.307 e. The van der Waals surface area contributed by atoms with Crippen molar-refractivity contribution in [2.24, 2.45) is 11.8 Å². The Labute approximate surface area is 81.3 Å². The maximum Gasteiger partial charge on any atom is 0.307 e. The van der Waals surface area contributed by atoms with Gasteiger partial charge >= 0.3 is 5.97 Å². The summed E-state index contributed by atoms with van der Waals surface area (Å²) in [7, 11) is 0. The standard InChI is InChI=1S/C10H11NO3/c12-9-5-7(10(13)14)6-3-1-2-4-8(6)11-9/h1-2,4,6-7H,3,5H2,(H,11,12)(H,13,14). The van der Waals surface area contributed by atoms with E-state index in [0.717, 1.165) is 5.70 Å². The number of fused-ring (bicyclic) bond motifs is 1. The minimum atomic E-state index is -0.883. The van der Waals surface area contributed by atoms with Crippen LogP contribution in [0.15, 0.2) is 23.9 Å².